The lowest BCUT2D eigenvalue weighted by Crippen LogP contribution is -2.21. The highest BCUT2D eigenvalue weighted by Crippen LogP contribution is 2.20. The molecule has 0 fully saturated rings. The fourth-order valence-corrected chi connectivity index (χ4v) is 3.23. The number of nitrogens with one attached hydrogen (secondary N) is 1. The van der Waals surface area contributed by atoms with Crippen LogP contribution >= 0.6 is 22.9 Å². The van der Waals surface area contributed by atoms with Crippen LogP contribution in [0.1, 0.15) is 27.7 Å². The summed E-state index contributed by atoms with van der Waals surface area (Å²) in [7, 11) is 0. The minimum absolute atomic E-state index is 0.0942. The van der Waals surface area contributed by atoms with Crippen molar-refractivity contribution in [2.45, 2.75) is 26.6 Å². The molecule has 0 saturated carbocycles. The minimum Gasteiger partial charge on any atom is -0.489 e. The van der Waals surface area contributed by atoms with Gasteiger partial charge in [0.15, 0.2) is 0 Å². The second-order valence-corrected chi connectivity index (χ2v) is 6.80. The Balaban J connectivity index is 1.52. The number of hydrogen-bond acceptors (Lipinski definition) is 4. The maximum absolute atomic E-state index is 12.2. The Morgan fingerprint density at radius 1 is 1.36 bits per heavy atom. The molecule has 2 aromatic heterocycles. The Morgan fingerprint density at radius 3 is 3.00 bits per heavy atom. The van der Waals surface area contributed by atoms with Gasteiger partial charge in [-0.3, -0.25) is 9.48 Å². The van der Waals surface area contributed by atoms with Gasteiger partial charge in [-0.1, -0.05) is 17.7 Å². The summed E-state index contributed by atoms with van der Waals surface area (Å²) in [6.07, 6.45) is 3.70. The van der Waals surface area contributed by atoms with E-state index in [2.05, 4.69) is 10.4 Å². The van der Waals surface area contributed by atoms with E-state index in [1.165, 1.54) is 11.3 Å². The first-order chi connectivity index (χ1) is 12.1. The van der Waals surface area contributed by atoms with E-state index in [-0.39, 0.29) is 5.91 Å². The molecule has 1 amide bonds. The third-order valence-corrected chi connectivity index (χ3v) is 4.76. The number of carbonyl (C=O) groups excluding carboxylic acids is 1. The number of ether oxygens (including phenoxy) is 1. The van der Waals surface area contributed by atoms with Gasteiger partial charge in [0.25, 0.3) is 5.91 Å². The lowest BCUT2D eigenvalue weighted by molar-refractivity contribution is 0.0955. The molecule has 0 atom stereocenters. The normalized spacial score (nSPS) is 10.6. The molecular weight excluding hydrogens is 358 g/mol. The summed E-state index contributed by atoms with van der Waals surface area (Å²) >= 11 is 7.33. The van der Waals surface area contributed by atoms with Crippen molar-refractivity contribution in [3.05, 3.63) is 69.1 Å². The van der Waals surface area contributed by atoms with Crippen molar-refractivity contribution in [1.29, 1.82) is 0 Å². The molecule has 0 aliphatic carbocycles. The Morgan fingerprint density at radius 2 is 2.24 bits per heavy atom. The third-order valence-electron chi connectivity index (χ3n) is 3.54. The van der Waals surface area contributed by atoms with Crippen LogP contribution in [-0.4, -0.2) is 15.7 Å². The molecule has 7 heteroatoms. The van der Waals surface area contributed by atoms with Crippen LogP contribution in [0.3, 0.4) is 0 Å². The molecule has 2 heterocycles. The standard InChI is InChI=1S/C18H18ClN3O2S/c1-2-22-10-14(9-21-22)8-20-18(23)17-6-13(12-25-17)11-24-16-5-3-4-15(19)7-16/h3-7,9-10,12H,2,8,11H2,1H3,(H,20,23). The van der Waals surface area contributed by atoms with Crippen molar-refractivity contribution in [3.63, 3.8) is 0 Å². The number of nitrogens with zero attached hydrogens (tertiary/aromatic N) is 2. The number of aryl methyl sites for hydroxylation is 1. The zero-order valence-corrected chi connectivity index (χ0v) is 15.3. The predicted octanol–water partition coefficient (Wildman–Crippen LogP) is 4.13. The van der Waals surface area contributed by atoms with Crippen LogP contribution in [0.2, 0.25) is 5.02 Å². The van der Waals surface area contributed by atoms with Gasteiger partial charge in [0.05, 0.1) is 11.1 Å². The molecular formula is C18H18ClN3O2S. The molecule has 0 aliphatic heterocycles. The summed E-state index contributed by atoms with van der Waals surface area (Å²) in [6, 6.07) is 9.09. The molecule has 0 spiro atoms. The van der Waals surface area contributed by atoms with Gasteiger partial charge in [-0.2, -0.15) is 5.10 Å². The molecule has 3 rings (SSSR count). The topological polar surface area (TPSA) is 56.2 Å². The Kier molecular flexibility index (Phi) is 5.73. The summed E-state index contributed by atoms with van der Waals surface area (Å²) in [5.74, 6) is 0.612. The average Bonchev–Trinajstić information content (AvgIpc) is 3.27. The minimum atomic E-state index is -0.0942. The van der Waals surface area contributed by atoms with Crippen molar-refractivity contribution in [1.82, 2.24) is 15.1 Å². The van der Waals surface area contributed by atoms with E-state index in [0.717, 1.165) is 17.7 Å². The molecule has 3 aromatic rings. The van der Waals surface area contributed by atoms with E-state index in [1.807, 2.05) is 41.4 Å². The Labute approximate surface area is 155 Å². The maximum atomic E-state index is 12.2. The number of halogens is 1. The zero-order valence-electron chi connectivity index (χ0n) is 13.7. The molecule has 1 aromatic carbocycles. The van der Waals surface area contributed by atoms with Gasteiger partial charge in [0.2, 0.25) is 0 Å². The highest BCUT2D eigenvalue weighted by molar-refractivity contribution is 7.12. The van der Waals surface area contributed by atoms with Crippen molar-refractivity contribution in [2.24, 2.45) is 0 Å². The lowest BCUT2D eigenvalue weighted by atomic mass is 10.3. The second-order valence-electron chi connectivity index (χ2n) is 5.45. The Hall–Kier alpha value is -2.31. The predicted molar refractivity (Wildman–Crippen MR) is 99.2 cm³/mol. The molecule has 0 saturated heterocycles. The van der Waals surface area contributed by atoms with E-state index in [0.29, 0.717) is 28.8 Å². The number of rotatable bonds is 7. The van der Waals surface area contributed by atoms with Gasteiger partial charge in [-0.05, 0) is 36.6 Å². The van der Waals surface area contributed by atoms with Crippen molar-refractivity contribution >= 4 is 28.8 Å². The second kappa shape index (κ2) is 8.18. The van der Waals surface area contributed by atoms with Crippen LogP contribution in [0.4, 0.5) is 0 Å². The van der Waals surface area contributed by atoms with E-state index in [9.17, 15) is 4.79 Å². The monoisotopic (exact) mass is 375 g/mol. The SMILES string of the molecule is CCn1cc(CNC(=O)c2cc(COc3cccc(Cl)c3)cs2)cn1. The summed E-state index contributed by atoms with van der Waals surface area (Å²) in [5, 5.41) is 9.66. The van der Waals surface area contributed by atoms with E-state index >= 15 is 0 Å². The highest BCUT2D eigenvalue weighted by atomic mass is 35.5. The van der Waals surface area contributed by atoms with Crippen LogP contribution in [0.15, 0.2) is 48.1 Å². The quantitative estimate of drug-likeness (QED) is 0.675. The lowest BCUT2D eigenvalue weighted by Gasteiger charge is -2.04. The van der Waals surface area contributed by atoms with Crippen LogP contribution in [-0.2, 0) is 19.7 Å². The molecule has 0 aliphatic rings. The molecule has 1 N–H and O–H groups in total. The van der Waals surface area contributed by atoms with Gasteiger partial charge in [-0.15, -0.1) is 11.3 Å². The van der Waals surface area contributed by atoms with Crippen LogP contribution < -0.4 is 10.1 Å². The van der Waals surface area contributed by atoms with E-state index in [1.54, 1.807) is 18.3 Å². The molecule has 25 heavy (non-hydrogen) atoms. The third kappa shape index (κ3) is 4.84. The molecule has 0 radical (unpaired) electrons. The first-order valence-corrected chi connectivity index (χ1v) is 9.15. The van der Waals surface area contributed by atoms with Crippen molar-refractivity contribution in [3.8, 4) is 5.75 Å². The van der Waals surface area contributed by atoms with Crippen LogP contribution in [0.25, 0.3) is 0 Å². The number of aromatic nitrogens is 2. The summed E-state index contributed by atoms with van der Waals surface area (Å²) in [6.45, 7) is 3.70. The fraction of sp³-hybridized carbons (Fsp3) is 0.222. The largest absolute Gasteiger partial charge is 0.489 e. The molecule has 5 nitrogen and oxygen atoms in total. The van der Waals surface area contributed by atoms with Crippen molar-refractivity contribution < 1.29 is 9.53 Å². The summed E-state index contributed by atoms with van der Waals surface area (Å²) in [5.41, 5.74) is 1.94. The number of carbonyl (C=O) groups is 1. The Bertz CT molecular complexity index is 859. The van der Waals surface area contributed by atoms with Gasteiger partial charge < -0.3 is 10.1 Å². The average molecular weight is 376 g/mol. The summed E-state index contributed by atoms with van der Waals surface area (Å²) < 4.78 is 7.52. The van der Waals surface area contributed by atoms with Gasteiger partial charge in [0.1, 0.15) is 12.4 Å². The fourth-order valence-electron chi connectivity index (χ4n) is 2.23. The smallest absolute Gasteiger partial charge is 0.261 e. The van der Waals surface area contributed by atoms with Gasteiger partial charge >= 0.3 is 0 Å². The number of hydrogen-bond donors (Lipinski definition) is 1. The number of thiophene rings is 1. The first-order valence-electron chi connectivity index (χ1n) is 7.89. The van der Waals surface area contributed by atoms with E-state index < -0.39 is 0 Å². The number of amides is 1. The number of benzene rings is 1. The van der Waals surface area contributed by atoms with Gasteiger partial charge in [0, 0.05) is 35.4 Å². The zero-order chi connectivity index (χ0) is 17.6. The van der Waals surface area contributed by atoms with Crippen LogP contribution in [0.5, 0.6) is 5.75 Å². The first kappa shape index (κ1) is 17.5. The summed E-state index contributed by atoms with van der Waals surface area (Å²) in [4.78, 5) is 12.9. The van der Waals surface area contributed by atoms with E-state index in [4.69, 9.17) is 16.3 Å². The molecule has 0 bridgehead atoms. The van der Waals surface area contributed by atoms with Crippen molar-refractivity contribution in [2.75, 3.05) is 0 Å². The molecule has 130 valence electrons. The highest BCUT2D eigenvalue weighted by Gasteiger charge is 2.10. The van der Waals surface area contributed by atoms with Gasteiger partial charge in [-0.25, -0.2) is 0 Å². The molecule has 0 unspecified atom stereocenters. The van der Waals surface area contributed by atoms with Crippen LogP contribution in [0, 0.1) is 0 Å². The maximum Gasteiger partial charge on any atom is 0.261 e.